The van der Waals surface area contributed by atoms with Gasteiger partial charge in [0.25, 0.3) is 0 Å². The van der Waals surface area contributed by atoms with Crippen LogP contribution in [-0.4, -0.2) is 53.2 Å². The number of fused-ring (bicyclic) bond motifs is 2. The molecule has 2 aliphatic heterocycles. The van der Waals surface area contributed by atoms with Gasteiger partial charge < -0.3 is 15.0 Å². The first-order valence-corrected chi connectivity index (χ1v) is 10.4. The van der Waals surface area contributed by atoms with Crippen LogP contribution >= 0.6 is 0 Å². The number of hydrogen-bond donors (Lipinski definition) is 1. The number of esters is 1. The Bertz CT molecular complexity index is 688. The molecule has 0 radical (unpaired) electrons. The predicted molar refractivity (Wildman–Crippen MR) is 102 cm³/mol. The van der Waals surface area contributed by atoms with Crippen LogP contribution in [0.5, 0.6) is 0 Å². The molecule has 2 heterocycles. The van der Waals surface area contributed by atoms with Gasteiger partial charge >= 0.3 is 5.97 Å². The van der Waals surface area contributed by atoms with E-state index in [9.17, 15) is 19.2 Å². The fourth-order valence-corrected chi connectivity index (χ4v) is 4.23. The van der Waals surface area contributed by atoms with Gasteiger partial charge in [-0.2, -0.15) is 0 Å². The van der Waals surface area contributed by atoms with Crippen LogP contribution in [0.3, 0.4) is 0 Å². The second kappa shape index (κ2) is 8.45. The zero-order chi connectivity index (χ0) is 20.3. The number of carbonyl (C=O) groups is 4. The summed E-state index contributed by atoms with van der Waals surface area (Å²) in [5.41, 5.74) is -1.07. The van der Waals surface area contributed by atoms with Crippen molar-refractivity contribution in [3.63, 3.8) is 0 Å². The molecular weight excluding hydrogens is 360 g/mol. The fraction of sp³-hybridized carbons (Fsp3) is 0.714. The van der Waals surface area contributed by atoms with Crippen molar-refractivity contribution >= 4 is 23.6 Å². The van der Waals surface area contributed by atoms with E-state index in [0.717, 1.165) is 32.1 Å². The third kappa shape index (κ3) is 4.13. The summed E-state index contributed by atoms with van der Waals surface area (Å²) in [6, 6.07) is -0.843. The van der Waals surface area contributed by atoms with E-state index in [1.807, 2.05) is 13.0 Å². The SMILES string of the molecule is CCOC(=O)[C@@]12C[C@H]1/C=C\CCCCC[C@H](C)C(=O)N1CC(=O)C[C@H]1C(=O)N2. The number of nitrogens with zero attached hydrogens (tertiary/aromatic N) is 1. The van der Waals surface area contributed by atoms with E-state index in [4.69, 9.17) is 4.74 Å². The third-order valence-corrected chi connectivity index (χ3v) is 6.03. The molecule has 0 bridgehead atoms. The number of ether oxygens (including phenoxy) is 1. The van der Waals surface area contributed by atoms with Crippen LogP contribution in [0.2, 0.25) is 0 Å². The van der Waals surface area contributed by atoms with Crippen LogP contribution < -0.4 is 5.32 Å². The van der Waals surface area contributed by atoms with Gasteiger partial charge in [-0.1, -0.05) is 31.9 Å². The lowest BCUT2D eigenvalue weighted by atomic mass is 10.0. The Kier molecular flexibility index (Phi) is 6.20. The zero-order valence-corrected chi connectivity index (χ0v) is 16.7. The summed E-state index contributed by atoms with van der Waals surface area (Å²) in [5, 5.41) is 2.84. The molecule has 0 spiro atoms. The largest absolute Gasteiger partial charge is 0.464 e. The number of carbonyl (C=O) groups excluding carboxylic acids is 4. The van der Waals surface area contributed by atoms with Gasteiger partial charge in [0.2, 0.25) is 11.8 Å². The summed E-state index contributed by atoms with van der Waals surface area (Å²) >= 11 is 0. The van der Waals surface area contributed by atoms with Crippen LogP contribution in [0.1, 0.15) is 58.8 Å². The molecule has 0 unspecified atom stereocenters. The van der Waals surface area contributed by atoms with Gasteiger partial charge in [0.1, 0.15) is 11.6 Å². The van der Waals surface area contributed by atoms with Gasteiger partial charge in [-0.3, -0.25) is 14.4 Å². The summed E-state index contributed by atoms with van der Waals surface area (Å²) in [5.74, 6) is -1.51. The van der Waals surface area contributed by atoms with Crippen LogP contribution in [-0.2, 0) is 23.9 Å². The number of amides is 2. The molecule has 3 aliphatic rings. The number of Topliss-reactive ketones (excluding diaryl/α,β-unsaturated/α-hetero) is 1. The summed E-state index contributed by atoms with van der Waals surface area (Å²) < 4.78 is 5.20. The average molecular weight is 390 g/mol. The first kappa shape index (κ1) is 20.6. The van der Waals surface area contributed by atoms with Crippen molar-refractivity contribution < 1.29 is 23.9 Å². The summed E-state index contributed by atoms with van der Waals surface area (Å²) in [6.07, 6.45) is 9.19. The van der Waals surface area contributed by atoms with Crippen molar-refractivity contribution in [2.45, 2.75) is 70.4 Å². The molecule has 1 aliphatic carbocycles. The quantitative estimate of drug-likeness (QED) is 0.573. The number of allylic oxidation sites excluding steroid dienone is 1. The van der Waals surface area contributed by atoms with E-state index in [2.05, 4.69) is 11.4 Å². The molecule has 3 rings (SSSR count). The Morgan fingerprint density at radius 3 is 2.82 bits per heavy atom. The highest BCUT2D eigenvalue weighted by Gasteiger charge is 2.62. The molecule has 2 amide bonds. The van der Waals surface area contributed by atoms with Crippen LogP contribution in [0.15, 0.2) is 12.2 Å². The minimum atomic E-state index is -1.07. The number of rotatable bonds is 2. The maximum absolute atomic E-state index is 13.0. The van der Waals surface area contributed by atoms with E-state index in [-0.39, 0.29) is 43.1 Å². The normalized spacial score (nSPS) is 35.1. The molecule has 1 saturated heterocycles. The Morgan fingerprint density at radius 1 is 1.29 bits per heavy atom. The van der Waals surface area contributed by atoms with E-state index >= 15 is 0 Å². The van der Waals surface area contributed by atoms with Crippen LogP contribution in [0.25, 0.3) is 0 Å². The highest BCUT2D eigenvalue weighted by atomic mass is 16.5. The maximum Gasteiger partial charge on any atom is 0.332 e. The molecule has 7 nitrogen and oxygen atoms in total. The van der Waals surface area contributed by atoms with Crippen molar-refractivity contribution in [1.29, 1.82) is 0 Å². The Balaban J connectivity index is 1.85. The number of hydrogen-bond acceptors (Lipinski definition) is 5. The van der Waals surface area contributed by atoms with Gasteiger partial charge in [-0.25, -0.2) is 4.79 Å². The molecule has 0 aromatic heterocycles. The van der Waals surface area contributed by atoms with Gasteiger partial charge in [0, 0.05) is 18.3 Å². The zero-order valence-electron chi connectivity index (χ0n) is 16.7. The molecule has 154 valence electrons. The minimum Gasteiger partial charge on any atom is -0.464 e. The maximum atomic E-state index is 13.0. The molecule has 0 aromatic rings. The topological polar surface area (TPSA) is 92.8 Å². The molecule has 0 aromatic carbocycles. The van der Waals surface area contributed by atoms with Crippen molar-refractivity contribution in [1.82, 2.24) is 10.2 Å². The number of nitrogens with one attached hydrogen (secondary N) is 1. The Labute approximate surface area is 165 Å². The fourth-order valence-electron chi connectivity index (χ4n) is 4.23. The molecule has 1 saturated carbocycles. The lowest BCUT2D eigenvalue weighted by Gasteiger charge is -2.27. The second-order valence-corrected chi connectivity index (χ2v) is 8.18. The predicted octanol–water partition coefficient (Wildman–Crippen LogP) is 1.75. The lowest BCUT2D eigenvalue weighted by molar-refractivity contribution is -0.150. The second-order valence-electron chi connectivity index (χ2n) is 8.18. The standard InChI is InChI=1S/C21H30N2O5/c1-3-28-20(27)21-12-15(21)10-8-6-4-5-7-9-14(2)19(26)23-13-16(24)11-17(23)18(25)22-21/h8,10,14-15,17H,3-7,9,11-13H2,1-2H3,(H,22,25)/b10-8-/t14-,15+,17-,21+/m0/s1. The first-order valence-electron chi connectivity index (χ1n) is 10.4. The molecule has 7 heteroatoms. The first-order chi connectivity index (χ1) is 13.4. The van der Waals surface area contributed by atoms with Crippen LogP contribution in [0, 0.1) is 11.8 Å². The van der Waals surface area contributed by atoms with Gasteiger partial charge in [-0.05, 0) is 32.6 Å². The molecule has 2 fully saturated rings. The molecule has 4 atom stereocenters. The summed E-state index contributed by atoms with van der Waals surface area (Å²) in [6.45, 7) is 3.79. The van der Waals surface area contributed by atoms with E-state index in [0.29, 0.717) is 6.42 Å². The van der Waals surface area contributed by atoms with Gasteiger partial charge in [0.15, 0.2) is 5.78 Å². The van der Waals surface area contributed by atoms with Crippen molar-refractivity contribution in [3.05, 3.63) is 12.2 Å². The molecule has 28 heavy (non-hydrogen) atoms. The smallest absolute Gasteiger partial charge is 0.332 e. The van der Waals surface area contributed by atoms with Crippen molar-refractivity contribution in [2.24, 2.45) is 11.8 Å². The van der Waals surface area contributed by atoms with E-state index in [1.54, 1.807) is 6.92 Å². The highest BCUT2D eigenvalue weighted by molar-refractivity contribution is 6.01. The van der Waals surface area contributed by atoms with Gasteiger partial charge in [0.05, 0.1) is 13.2 Å². The van der Waals surface area contributed by atoms with Crippen LogP contribution in [0.4, 0.5) is 0 Å². The molecular formula is C21H30N2O5. The average Bonchev–Trinajstić information content (AvgIpc) is 3.21. The lowest BCUT2D eigenvalue weighted by Crippen LogP contribution is -2.54. The van der Waals surface area contributed by atoms with Gasteiger partial charge in [-0.15, -0.1) is 0 Å². The highest BCUT2D eigenvalue weighted by Crippen LogP contribution is 2.46. The Morgan fingerprint density at radius 2 is 2.07 bits per heavy atom. The van der Waals surface area contributed by atoms with Crippen molar-refractivity contribution in [3.8, 4) is 0 Å². The van der Waals surface area contributed by atoms with Crippen molar-refractivity contribution in [2.75, 3.05) is 13.2 Å². The minimum absolute atomic E-state index is 0.00368. The summed E-state index contributed by atoms with van der Waals surface area (Å²) in [4.78, 5) is 51.8. The molecule has 1 N–H and O–H groups in total. The summed E-state index contributed by atoms with van der Waals surface area (Å²) in [7, 11) is 0. The van der Waals surface area contributed by atoms with E-state index in [1.165, 1.54) is 4.90 Å². The van der Waals surface area contributed by atoms with E-state index < -0.39 is 23.5 Å². The third-order valence-electron chi connectivity index (χ3n) is 6.03. The monoisotopic (exact) mass is 390 g/mol. The Hall–Kier alpha value is -2.18. The number of ketones is 1.